The van der Waals surface area contributed by atoms with E-state index in [9.17, 15) is 57.1 Å². The van der Waals surface area contributed by atoms with Crippen molar-refractivity contribution in [1.29, 1.82) is 0 Å². The summed E-state index contributed by atoms with van der Waals surface area (Å²) in [6.07, 6.45) is -5.83. The summed E-state index contributed by atoms with van der Waals surface area (Å²) in [5.41, 5.74) is 7.52. The minimum atomic E-state index is -7.88. The van der Waals surface area contributed by atoms with Crippen LogP contribution in [0.15, 0.2) is 5.11 Å². The molecule has 0 aliphatic carbocycles. The Morgan fingerprint density at radius 1 is 0.760 bits per heavy atom. The Morgan fingerprint density at radius 3 is 1.44 bits per heavy atom. The highest BCUT2D eigenvalue weighted by atomic mass is 19.4. The van der Waals surface area contributed by atoms with Crippen LogP contribution in [-0.4, -0.2) is 41.8 Å². The molecule has 0 saturated heterocycles. The van der Waals surface area contributed by atoms with Crippen molar-refractivity contribution in [2.45, 2.75) is 55.2 Å². The van der Waals surface area contributed by atoms with E-state index < -0.39 is 48.3 Å². The Hall–Kier alpha value is -1.60. The molecule has 3 nitrogen and oxygen atoms in total. The molecule has 0 aromatic rings. The topological polar surface area (TPSA) is 48.8 Å². The number of hydrogen-bond acceptors (Lipinski definition) is 1. The fourth-order valence-corrected chi connectivity index (χ4v) is 1.36. The van der Waals surface area contributed by atoms with E-state index in [1.165, 1.54) is 0 Å². The average Bonchev–Trinajstić information content (AvgIpc) is 2.44. The van der Waals surface area contributed by atoms with Gasteiger partial charge in [-0.3, -0.25) is 0 Å². The summed E-state index contributed by atoms with van der Waals surface area (Å²) in [6, 6.07) is -6.71. The van der Waals surface area contributed by atoms with Crippen LogP contribution in [0, 0.1) is 0 Å². The zero-order valence-corrected chi connectivity index (χ0v) is 11.5. The highest BCUT2D eigenvalue weighted by Gasteiger charge is 2.90. The summed E-state index contributed by atoms with van der Waals surface area (Å²) in [5.74, 6) is -37.4. The van der Waals surface area contributed by atoms with Crippen molar-refractivity contribution in [3.63, 3.8) is 0 Å². The van der Waals surface area contributed by atoms with Crippen molar-refractivity contribution in [3.8, 4) is 0 Å². The first-order chi connectivity index (χ1) is 10.8. The zero-order valence-electron chi connectivity index (χ0n) is 11.5. The maximum Gasteiger partial charge on any atom is 0.394 e. The first kappa shape index (κ1) is 23.4. The number of azide groups is 1. The standard InChI is InChI=1S/C9H6F13N3/c1-2-3(10)4(11,12)5(13,14)6(15,16)7(17,18)8(19,20)9(21,22)24-25-23/h3H,2H2,1H3. The molecule has 0 aromatic heterocycles. The van der Waals surface area contributed by atoms with Gasteiger partial charge in [0.1, 0.15) is 0 Å². The van der Waals surface area contributed by atoms with Crippen LogP contribution in [0.3, 0.4) is 0 Å². The van der Waals surface area contributed by atoms with E-state index in [1.807, 2.05) is 0 Å². The zero-order chi connectivity index (χ0) is 20.7. The van der Waals surface area contributed by atoms with Crippen molar-refractivity contribution in [3.05, 3.63) is 10.4 Å². The predicted molar refractivity (Wildman–Crippen MR) is 54.0 cm³/mol. The second kappa shape index (κ2) is 6.29. The Kier molecular flexibility index (Phi) is 5.88. The van der Waals surface area contributed by atoms with Gasteiger partial charge in [0.2, 0.25) is 0 Å². The fraction of sp³-hybridized carbons (Fsp3) is 1.00. The molecule has 148 valence electrons. The van der Waals surface area contributed by atoms with Gasteiger partial charge in [-0.2, -0.15) is 52.7 Å². The molecule has 0 saturated carbocycles. The average molecular weight is 403 g/mol. The molecule has 0 N–H and O–H groups in total. The first-order valence-electron chi connectivity index (χ1n) is 5.76. The summed E-state index contributed by atoms with van der Waals surface area (Å²) < 4.78 is 169. The lowest BCUT2D eigenvalue weighted by molar-refractivity contribution is -0.428. The van der Waals surface area contributed by atoms with Gasteiger partial charge < -0.3 is 0 Å². The molecule has 0 aliphatic heterocycles. The molecule has 0 heterocycles. The monoisotopic (exact) mass is 403 g/mol. The van der Waals surface area contributed by atoms with Crippen LogP contribution in [0.5, 0.6) is 0 Å². The van der Waals surface area contributed by atoms with Crippen molar-refractivity contribution in [2.24, 2.45) is 5.11 Å². The molecule has 0 rings (SSSR count). The summed E-state index contributed by atoms with van der Waals surface area (Å²) in [4.78, 5) is 0.943. The van der Waals surface area contributed by atoms with Crippen LogP contribution >= 0.6 is 0 Å². The number of halogens is 13. The van der Waals surface area contributed by atoms with E-state index in [1.54, 1.807) is 0 Å². The van der Waals surface area contributed by atoms with Crippen molar-refractivity contribution in [2.75, 3.05) is 0 Å². The maximum absolute atomic E-state index is 13.1. The van der Waals surface area contributed by atoms with E-state index in [4.69, 9.17) is 5.53 Å². The summed E-state index contributed by atoms with van der Waals surface area (Å²) in [7, 11) is 0. The lowest BCUT2D eigenvalue weighted by Crippen LogP contribution is -2.71. The molecular weight excluding hydrogens is 397 g/mol. The van der Waals surface area contributed by atoms with Crippen LogP contribution in [0.2, 0.25) is 0 Å². The third-order valence-corrected chi connectivity index (χ3v) is 2.90. The fourth-order valence-electron chi connectivity index (χ4n) is 1.36. The van der Waals surface area contributed by atoms with Gasteiger partial charge in [0.25, 0.3) is 0 Å². The SMILES string of the molecule is CCC(F)C(F)(F)C(F)(F)C(F)(F)C(F)(F)C(F)(F)C(F)(F)N=[N+]=[N-]. The van der Waals surface area contributed by atoms with Gasteiger partial charge in [-0.05, 0) is 17.1 Å². The van der Waals surface area contributed by atoms with Crippen molar-refractivity contribution >= 4 is 0 Å². The normalized spacial score (nSPS) is 16.4. The lowest BCUT2D eigenvalue weighted by Gasteiger charge is -2.41. The van der Waals surface area contributed by atoms with Crippen LogP contribution in [0.4, 0.5) is 57.1 Å². The van der Waals surface area contributed by atoms with Crippen molar-refractivity contribution in [1.82, 2.24) is 0 Å². The summed E-state index contributed by atoms with van der Waals surface area (Å²) >= 11 is 0. The summed E-state index contributed by atoms with van der Waals surface area (Å²) in [5, 5.41) is 0.781. The molecule has 0 aromatic carbocycles. The van der Waals surface area contributed by atoms with Gasteiger partial charge >= 0.3 is 35.7 Å². The van der Waals surface area contributed by atoms with Crippen LogP contribution in [0.1, 0.15) is 13.3 Å². The second-order valence-corrected chi connectivity index (χ2v) is 4.53. The predicted octanol–water partition coefficient (Wildman–Crippen LogP) is 5.81. The highest BCUT2D eigenvalue weighted by Crippen LogP contribution is 2.61. The van der Waals surface area contributed by atoms with E-state index >= 15 is 0 Å². The smallest absolute Gasteiger partial charge is 0.241 e. The molecule has 0 fully saturated rings. The van der Waals surface area contributed by atoms with E-state index in [0.29, 0.717) is 6.92 Å². The Balaban J connectivity index is 6.43. The summed E-state index contributed by atoms with van der Waals surface area (Å²) in [6.45, 7) is 0.398. The maximum atomic E-state index is 13.1. The molecule has 0 spiro atoms. The molecule has 0 aliphatic rings. The third kappa shape index (κ3) is 3.04. The molecule has 0 radical (unpaired) electrons. The third-order valence-electron chi connectivity index (χ3n) is 2.90. The number of hydrogen-bond donors (Lipinski definition) is 0. The minimum Gasteiger partial charge on any atom is -0.241 e. The van der Waals surface area contributed by atoms with E-state index in [0.717, 1.165) is 10.0 Å². The Bertz CT molecular complexity index is 537. The molecule has 16 heteroatoms. The Morgan fingerprint density at radius 2 is 1.12 bits per heavy atom. The van der Waals surface area contributed by atoms with Gasteiger partial charge in [-0.1, -0.05) is 6.92 Å². The quantitative estimate of drug-likeness (QED) is 0.161. The van der Waals surface area contributed by atoms with Crippen LogP contribution < -0.4 is 0 Å². The molecule has 1 unspecified atom stereocenters. The largest absolute Gasteiger partial charge is 0.394 e. The van der Waals surface area contributed by atoms with Crippen LogP contribution in [-0.2, 0) is 0 Å². The van der Waals surface area contributed by atoms with E-state index in [-0.39, 0.29) is 0 Å². The molecular formula is C9H6F13N3. The van der Waals surface area contributed by atoms with Gasteiger partial charge in [0, 0.05) is 4.91 Å². The molecule has 0 amide bonds. The Labute approximate surface area is 129 Å². The molecule has 0 bridgehead atoms. The van der Waals surface area contributed by atoms with Gasteiger partial charge in [-0.15, -0.1) is 0 Å². The minimum absolute atomic E-state index is 0.398. The molecule has 1 atom stereocenters. The van der Waals surface area contributed by atoms with Gasteiger partial charge in [0.05, 0.1) is 0 Å². The second-order valence-electron chi connectivity index (χ2n) is 4.53. The molecule has 25 heavy (non-hydrogen) atoms. The number of nitrogens with zero attached hydrogens (tertiary/aromatic N) is 3. The van der Waals surface area contributed by atoms with Crippen molar-refractivity contribution < 1.29 is 57.1 Å². The highest BCUT2D eigenvalue weighted by molar-refractivity contribution is 5.12. The van der Waals surface area contributed by atoms with Gasteiger partial charge in [-0.25, -0.2) is 4.39 Å². The number of rotatable bonds is 8. The van der Waals surface area contributed by atoms with E-state index in [2.05, 4.69) is 0 Å². The van der Waals surface area contributed by atoms with Crippen LogP contribution in [0.25, 0.3) is 10.4 Å². The van der Waals surface area contributed by atoms with Gasteiger partial charge in [0.15, 0.2) is 6.17 Å². The lowest BCUT2D eigenvalue weighted by atomic mass is 9.91. The number of alkyl halides is 13. The first-order valence-corrected chi connectivity index (χ1v) is 5.76.